The molecule has 0 saturated carbocycles. The summed E-state index contributed by atoms with van der Waals surface area (Å²) in [6.45, 7) is 1.49. The van der Waals surface area contributed by atoms with Crippen molar-refractivity contribution in [3.63, 3.8) is 0 Å². The van der Waals surface area contributed by atoms with Crippen LogP contribution in [0.4, 0.5) is 0 Å². The minimum atomic E-state index is 0.169. The number of benzene rings is 1. The molecule has 1 atom stereocenters. The Bertz CT molecular complexity index is 1160. The van der Waals surface area contributed by atoms with Crippen LogP contribution < -0.4 is 0 Å². The molecule has 0 spiro atoms. The van der Waals surface area contributed by atoms with Crippen LogP contribution in [0.2, 0.25) is 0 Å². The minimum absolute atomic E-state index is 0.169. The highest BCUT2D eigenvalue weighted by Gasteiger charge is 2.27. The van der Waals surface area contributed by atoms with E-state index >= 15 is 0 Å². The van der Waals surface area contributed by atoms with E-state index in [1.165, 1.54) is 0 Å². The van der Waals surface area contributed by atoms with Crippen LogP contribution in [0.25, 0.3) is 16.8 Å². The predicted octanol–water partition coefficient (Wildman–Crippen LogP) is 3.74. The summed E-state index contributed by atoms with van der Waals surface area (Å²) in [4.78, 5) is 23.6. The average molecular weight is 397 g/mol. The van der Waals surface area contributed by atoms with Gasteiger partial charge in [0.2, 0.25) is 5.91 Å². The van der Waals surface area contributed by atoms with E-state index < -0.39 is 0 Å². The summed E-state index contributed by atoms with van der Waals surface area (Å²) in [6, 6.07) is 17.9. The molecule has 1 aromatic carbocycles. The first-order valence-electron chi connectivity index (χ1n) is 10.3. The van der Waals surface area contributed by atoms with Gasteiger partial charge in [0, 0.05) is 43.2 Å². The van der Waals surface area contributed by atoms with Crippen molar-refractivity contribution in [1.29, 1.82) is 0 Å². The van der Waals surface area contributed by atoms with Crippen molar-refractivity contribution in [2.75, 3.05) is 13.1 Å². The molecule has 0 aliphatic carbocycles. The van der Waals surface area contributed by atoms with Gasteiger partial charge in [-0.3, -0.25) is 9.78 Å². The Kier molecular flexibility index (Phi) is 4.97. The van der Waals surface area contributed by atoms with Crippen LogP contribution in [0.15, 0.2) is 73.2 Å². The average Bonchev–Trinajstić information content (AvgIpc) is 3.24. The molecule has 4 aromatic rings. The van der Waals surface area contributed by atoms with Crippen molar-refractivity contribution >= 4 is 11.6 Å². The highest BCUT2D eigenvalue weighted by atomic mass is 16.2. The number of pyridine rings is 2. The summed E-state index contributed by atoms with van der Waals surface area (Å²) in [7, 11) is 0. The first-order chi connectivity index (χ1) is 14.8. The number of carbonyl (C=O) groups is 1. The summed E-state index contributed by atoms with van der Waals surface area (Å²) >= 11 is 0. The van der Waals surface area contributed by atoms with E-state index in [9.17, 15) is 4.79 Å². The van der Waals surface area contributed by atoms with Gasteiger partial charge < -0.3 is 4.90 Å². The quantitative estimate of drug-likeness (QED) is 0.526. The summed E-state index contributed by atoms with van der Waals surface area (Å²) in [5.41, 5.74) is 4.05. The molecule has 1 amide bonds. The molecule has 1 saturated heterocycles. The Morgan fingerprint density at radius 3 is 2.67 bits per heavy atom. The molecule has 5 rings (SSSR count). The Morgan fingerprint density at radius 1 is 1.00 bits per heavy atom. The van der Waals surface area contributed by atoms with Gasteiger partial charge in [-0.25, -0.2) is 9.50 Å². The van der Waals surface area contributed by atoms with Gasteiger partial charge in [0.1, 0.15) is 0 Å². The molecular weight excluding hydrogens is 374 g/mol. The lowest BCUT2D eigenvalue weighted by atomic mass is 9.97. The predicted molar refractivity (Wildman–Crippen MR) is 115 cm³/mol. The van der Waals surface area contributed by atoms with Crippen LogP contribution in [0.5, 0.6) is 0 Å². The number of nitrogens with zero attached hydrogens (tertiary/aromatic N) is 5. The molecule has 1 unspecified atom stereocenters. The lowest BCUT2D eigenvalue weighted by molar-refractivity contribution is -0.131. The Balaban J connectivity index is 1.34. The Morgan fingerprint density at radius 2 is 1.83 bits per heavy atom. The van der Waals surface area contributed by atoms with E-state index in [0.29, 0.717) is 13.0 Å². The number of likely N-dealkylation sites (tertiary alicyclic amines) is 1. The van der Waals surface area contributed by atoms with Crippen LogP contribution in [0, 0.1) is 0 Å². The van der Waals surface area contributed by atoms with Gasteiger partial charge in [-0.1, -0.05) is 30.3 Å². The van der Waals surface area contributed by atoms with Gasteiger partial charge in [-0.05, 0) is 48.2 Å². The largest absolute Gasteiger partial charge is 0.342 e. The lowest BCUT2D eigenvalue weighted by Crippen LogP contribution is -2.40. The zero-order chi connectivity index (χ0) is 20.3. The van der Waals surface area contributed by atoms with Gasteiger partial charge in [0.15, 0.2) is 11.5 Å². The first kappa shape index (κ1) is 18.5. The van der Waals surface area contributed by atoms with E-state index in [0.717, 1.165) is 47.5 Å². The maximum atomic E-state index is 12.8. The number of fused-ring (bicyclic) bond motifs is 1. The molecule has 0 radical (unpaired) electrons. The van der Waals surface area contributed by atoms with E-state index in [4.69, 9.17) is 10.1 Å². The summed E-state index contributed by atoms with van der Waals surface area (Å²) in [5, 5.41) is 4.75. The third kappa shape index (κ3) is 3.81. The van der Waals surface area contributed by atoms with Crippen LogP contribution in [0.3, 0.4) is 0 Å². The number of amides is 1. The second kappa shape index (κ2) is 8.06. The standard InChI is InChI=1S/C24H23N5O/c30-23(15-18-5-2-1-3-6-18)28-14-4-7-21(16-28)24-26-22-9-8-20(17-29(22)27-24)19-10-12-25-13-11-19/h1-3,5-6,8-13,17,21H,4,7,14-16H2. The minimum Gasteiger partial charge on any atom is -0.342 e. The van der Waals surface area contributed by atoms with Crippen molar-refractivity contribution in [3.8, 4) is 11.1 Å². The van der Waals surface area contributed by atoms with Crippen molar-refractivity contribution < 1.29 is 4.79 Å². The summed E-state index contributed by atoms with van der Waals surface area (Å²) < 4.78 is 1.84. The molecule has 0 N–H and O–H groups in total. The van der Waals surface area contributed by atoms with Crippen LogP contribution in [-0.2, 0) is 11.2 Å². The van der Waals surface area contributed by atoms with Crippen LogP contribution >= 0.6 is 0 Å². The topological polar surface area (TPSA) is 63.4 Å². The molecule has 4 heterocycles. The van der Waals surface area contributed by atoms with Gasteiger partial charge in [-0.2, -0.15) is 5.10 Å². The zero-order valence-electron chi connectivity index (χ0n) is 16.7. The van der Waals surface area contributed by atoms with E-state index in [1.807, 2.05) is 64.1 Å². The molecule has 30 heavy (non-hydrogen) atoms. The Labute approximate surface area is 175 Å². The summed E-state index contributed by atoms with van der Waals surface area (Å²) in [6.07, 6.45) is 8.00. The zero-order valence-corrected chi connectivity index (χ0v) is 16.7. The number of piperidine rings is 1. The first-order valence-corrected chi connectivity index (χ1v) is 10.3. The molecule has 6 nitrogen and oxygen atoms in total. The van der Waals surface area contributed by atoms with Crippen molar-refractivity contribution in [2.24, 2.45) is 0 Å². The van der Waals surface area contributed by atoms with Crippen molar-refractivity contribution in [2.45, 2.75) is 25.2 Å². The van der Waals surface area contributed by atoms with Gasteiger partial charge in [0.25, 0.3) is 0 Å². The van der Waals surface area contributed by atoms with Crippen LogP contribution in [0.1, 0.15) is 30.1 Å². The molecule has 1 aliphatic heterocycles. The fourth-order valence-electron chi connectivity index (χ4n) is 4.09. The van der Waals surface area contributed by atoms with Crippen LogP contribution in [-0.4, -0.2) is 43.5 Å². The van der Waals surface area contributed by atoms with Gasteiger partial charge in [0.05, 0.1) is 6.42 Å². The third-order valence-electron chi connectivity index (χ3n) is 5.70. The fraction of sp³-hybridized carbons (Fsp3) is 0.250. The van der Waals surface area contributed by atoms with E-state index in [-0.39, 0.29) is 11.8 Å². The molecule has 150 valence electrons. The van der Waals surface area contributed by atoms with Gasteiger partial charge >= 0.3 is 0 Å². The smallest absolute Gasteiger partial charge is 0.227 e. The van der Waals surface area contributed by atoms with Crippen molar-refractivity contribution in [3.05, 3.63) is 84.6 Å². The maximum absolute atomic E-state index is 12.8. The maximum Gasteiger partial charge on any atom is 0.227 e. The lowest BCUT2D eigenvalue weighted by Gasteiger charge is -2.31. The molecule has 0 bridgehead atoms. The molecule has 3 aromatic heterocycles. The fourth-order valence-corrected chi connectivity index (χ4v) is 4.09. The second-order valence-electron chi connectivity index (χ2n) is 7.77. The van der Waals surface area contributed by atoms with E-state index in [2.05, 4.69) is 11.1 Å². The number of hydrogen-bond acceptors (Lipinski definition) is 4. The second-order valence-corrected chi connectivity index (χ2v) is 7.77. The number of carbonyl (C=O) groups excluding carboxylic acids is 1. The number of rotatable bonds is 4. The molecule has 1 aliphatic rings. The number of aromatic nitrogens is 4. The summed E-state index contributed by atoms with van der Waals surface area (Å²) in [5.74, 6) is 1.16. The Hall–Kier alpha value is -3.54. The SMILES string of the molecule is O=C(Cc1ccccc1)N1CCCC(c2nc3ccc(-c4ccncc4)cn3n2)C1. The molecule has 1 fully saturated rings. The molecule has 6 heteroatoms. The highest BCUT2D eigenvalue weighted by molar-refractivity contribution is 5.79. The molecular formula is C24H23N5O. The van der Waals surface area contributed by atoms with Crippen molar-refractivity contribution in [1.82, 2.24) is 24.5 Å². The highest BCUT2D eigenvalue weighted by Crippen LogP contribution is 2.26. The normalized spacial score (nSPS) is 16.7. The monoisotopic (exact) mass is 397 g/mol. The number of hydrogen-bond donors (Lipinski definition) is 0. The van der Waals surface area contributed by atoms with Gasteiger partial charge in [-0.15, -0.1) is 0 Å². The third-order valence-corrected chi connectivity index (χ3v) is 5.70. The van der Waals surface area contributed by atoms with E-state index in [1.54, 1.807) is 12.4 Å².